The minimum Gasteiger partial charge on any atom is -0.463 e. The molecule has 14 heteroatoms. The van der Waals surface area contributed by atoms with E-state index in [1.54, 1.807) is 20.8 Å². The summed E-state index contributed by atoms with van der Waals surface area (Å²) >= 11 is 0.849. The summed E-state index contributed by atoms with van der Waals surface area (Å²) in [5.41, 5.74) is 0.428. The highest BCUT2D eigenvalue weighted by molar-refractivity contribution is 7.23. The molecule has 1 aromatic carbocycles. The highest BCUT2D eigenvalue weighted by atomic mass is 32.1. The van der Waals surface area contributed by atoms with E-state index in [1.807, 2.05) is 6.07 Å². The topological polar surface area (TPSA) is 128 Å². The van der Waals surface area contributed by atoms with Crippen molar-refractivity contribution in [3.8, 4) is 23.3 Å². The van der Waals surface area contributed by atoms with Gasteiger partial charge in [0, 0.05) is 28.6 Å². The number of nitrogens with one attached hydrogen (secondary N) is 1. The van der Waals surface area contributed by atoms with E-state index in [-0.39, 0.29) is 73.7 Å². The molecule has 3 aromatic heterocycles. The molecule has 1 amide bonds. The van der Waals surface area contributed by atoms with Crippen LogP contribution in [0.4, 0.5) is 18.6 Å². The first-order valence-corrected chi connectivity index (χ1v) is 19.6. The first-order valence-electron chi connectivity index (χ1n) is 15.9. The van der Waals surface area contributed by atoms with Crippen molar-refractivity contribution >= 4 is 51.7 Å². The number of hydrogen-bond donors (Lipinski definition) is 1. The first kappa shape index (κ1) is 34.1. The quantitative estimate of drug-likeness (QED) is 0.189. The third-order valence-electron chi connectivity index (χ3n) is 9.22. The molecular weight excluding hydrogens is 657 g/mol. The van der Waals surface area contributed by atoms with Crippen molar-refractivity contribution in [1.29, 1.82) is 5.26 Å². The second-order valence-corrected chi connectivity index (χ2v) is 20.7. The number of rotatable bonds is 7. The number of hydrogen-bond acceptors (Lipinski definition) is 10. The fourth-order valence-corrected chi connectivity index (χ4v) is 8.18. The van der Waals surface area contributed by atoms with E-state index < -0.39 is 31.6 Å². The van der Waals surface area contributed by atoms with Crippen LogP contribution in [0, 0.1) is 28.9 Å². The molecule has 4 aromatic rings. The first-order chi connectivity index (χ1) is 22.5. The Morgan fingerprint density at radius 2 is 1.83 bits per heavy atom. The lowest BCUT2D eigenvalue weighted by Gasteiger charge is -2.44. The largest absolute Gasteiger partial charge is 0.463 e. The molecule has 48 heavy (non-hydrogen) atoms. The SMILES string of the molecule is CC(C)(C)OC(=O)Nc1sc2c(F)cnc(-c3c4c(c5cnc(OCC6CC(O[Si](C)(C)C(C)(C)C)C6)nc5c3F)COC4)c2c1C#N. The molecule has 1 fully saturated rings. The van der Waals surface area contributed by atoms with E-state index in [2.05, 4.69) is 54.1 Å². The molecule has 1 N–H and O–H groups in total. The highest BCUT2D eigenvalue weighted by Gasteiger charge is 2.42. The smallest absolute Gasteiger partial charge is 0.412 e. The van der Waals surface area contributed by atoms with Crippen LogP contribution in [-0.4, -0.2) is 47.7 Å². The number of amides is 1. The summed E-state index contributed by atoms with van der Waals surface area (Å²) < 4.78 is 55.5. The number of ether oxygens (including phenoxy) is 3. The fourth-order valence-electron chi connectivity index (χ4n) is 5.76. The number of carbonyl (C=O) groups excluding carboxylic acids is 1. The lowest BCUT2D eigenvalue weighted by atomic mass is 9.83. The molecule has 2 aliphatic rings. The molecular formula is C34H39F2N5O5SSi. The lowest BCUT2D eigenvalue weighted by molar-refractivity contribution is 0.0270. The Hall–Kier alpha value is -3.77. The Kier molecular flexibility index (Phi) is 8.72. The van der Waals surface area contributed by atoms with Gasteiger partial charge >= 0.3 is 12.1 Å². The molecule has 0 radical (unpaired) electrons. The molecule has 6 rings (SSSR count). The van der Waals surface area contributed by atoms with Crippen LogP contribution in [0.1, 0.15) is 71.1 Å². The van der Waals surface area contributed by atoms with Crippen molar-refractivity contribution in [1.82, 2.24) is 15.0 Å². The monoisotopic (exact) mass is 695 g/mol. The number of nitriles is 1. The van der Waals surface area contributed by atoms with Crippen LogP contribution in [0.15, 0.2) is 12.4 Å². The molecule has 0 saturated heterocycles. The van der Waals surface area contributed by atoms with Crippen LogP contribution < -0.4 is 10.1 Å². The summed E-state index contributed by atoms with van der Waals surface area (Å²) in [7, 11) is -1.86. The molecule has 1 saturated carbocycles. The summed E-state index contributed by atoms with van der Waals surface area (Å²) in [4.78, 5) is 25.7. The summed E-state index contributed by atoms with van der Waals surface area (Å²) in [6.45, 7) is 16.9. The third kappa shape index (κ3) is 6.36. The standard InChI is InChI=1S/C34H39F2N5O5SSi/c1-33(2,3)45-32(42)41-30-19(11-37)25-28(38-13-23(35)29(25)47-30)24-22-16-43-15-21(22)20-12-39-31(40-27(20)26(24)36)44-14-17-9-18(10-17)46-48(7,8)34(4,5)6/h12-13,17-18H,9-10,14-16H2,1-8H3,(H,41,42). The Balaban J connectivity index is 1.33. The maximum absolute atomic E-state index is 16.7. The van der Waals surface area contributed by atoms with E-state index in [0.717, 1.165) is 30.4 Å². The second-order valence-electron chi connectivity index (χ2n) is 14.9. The van der Waals surface area contributed by atoms with Gasteiger partial charge in [-0.2, -0.15) is 10.2 Å². The van der Waals surface area contributed by atoms with Gasteiger partial charge in [-0.1, -0.05) is 20.8 Å². The minimum absolute atomic E-state index is 0.00658. The molecule has 1 aliphatic heterocycles. The fraction of sp³-hybridized carbons (Fsp3) is 0.500. The third-order valence-corrected chi connectivity index (χ3v) is 14.9. The molecule has 0 spiro atoms. The van der Waals surface area contributed by atoms with Gasteiger partial charge in [-0.25, -0.2) is 18.6 Å². The number of fused-ring (bicyclic) bond motifs is 4. The maximum atomic E-state index is 16.7. The summed E-state index contributed by atoms with van der Waals surface area (Å²) in [5, 5.41) is 13.5. The van der Waals surface area contributed by atoms with Crippen molar-refractivity contribution in [2.75, 3.05) is 11.9 Å². The van der Waals surface area contributed by atoms with Crippen LogP contribution in [0.3, 0.4) is 0 Å². The number of benzene rings is 1. The zero-order chi connectivity index (χ0) is 34.8. The van der Waals surface area contributed by atoms with Crippen LogP contribution in [0.2, 0.25) is 18.1 Å². The maximum Gasteiger partial charge on any atom is 0.412 e. The van der Waals surface area contributed by atoms with Gasteiger partial charge in [-0.05, 0) is 68.8 Å². The van der Waals surface area contributed by atoms with Crippen molar-refractivity contribution in [2.24, 2.45) is 5.92 Å². The average Bonchev–Trinajstić information content (AvgIpc) is 3.59. The Labute approximate surface area is 282 Å². The van der Waals surface area contributed by atoms with Gasteiger partial charge < -0.3 is 18.6 Å². The Bertz CT molecular complexity index is 1980. The Morgan fingerprint density at radius 1 is 1.12 bits per heavy atom. The second kappa shape index (κ2) is 12.3. The van der Waals surface area contributed by atoms with Gasteiger partial charge in [-0.3, -0.25) is 10.3 Å². The summed E-state index contributed by atoms with van der Waals surface area (Å²) in [6.07, 6.45) is 3.66. The molecule has 254 valence electrons. The number of carbonyl (C=O) groups is 1. The van der Waals surface area contributed by atoms with Gasteiger partial charge in [0.05, 0.1) is 42.0 Å². The molecule has 10 nitrogen and oxygen atoms in total. The molecule has 0 unspecified atom stereocenters. The van der Waals surface area contributed by atoms with E-state index in [1.165, 1.54) is 6.20 Å². The van der Waals surface area contributed by atoms with Gasteiger partial charge in [0.2, 0.25) is 0 Å². The zero-order valence-corrected chi connectivity index (χ0v) is 30.2. The van der Waals surface area contributed by atoms with Gasteiger partial charge in [-0.15, -0.1) is 11.3 Å². The predicted octanol–water partition coefficient (Wildman–Crippen LogP) is 8.61. The number of anilines is 1. The van der Waals surface area contributed by atoms with E-state index in [0.29, 0.717) is 23.1 Å². The van der Waals surface area contributed by atoms with Gasteiger partial charge in [0.15, 0.2) is 20.0 Å². The molecule has 0 atom stereocenters. The highest BCUT2D eigenvalue weighted by Crippen LogP contribution is 2.46. The van der Waals surface area contributed by atoms with Crippen molar-refractivity contribution in [2.45, 2.75) is 97.4 Å². The number of pyridine rings is 1. The number of halogens is 2. The van der Waals surface area contributed by atoms with Gasteiger partial charge in [0.1, 0.15) is 22.2 Å². The average molecular weight is 696 g/mol. The molecule has 1 aliphatic carbocycles. The number of thiophene rings is 1. The van der Waals surface area contributed by atoms with Crippen molar-refractivity contribution < 1.29 is 32.2 Å². The van der Waals surface area contributed by atoms with Crippen LogP contribution in [0.25, 0.3) is 32.2 Å². The zero-order valence-electron chi connectivity index (χ0n) is 28.3. The van der Waals surface area contributed by atoms with Crippen molar-refractivity contribution in [3.63, 3.8) is 0 Å². The molecule has 0 bridgehead atoms. The predicted molar refractivity (Wildman–Crippen MR) is 181 cm³/mol. The van der Waals surface area contributed by atoms with Gasteiger partial charge in [0.25, 0.3) is 0 Å². The summed E-state index contributed by atoms with van der Waals surface area (Å²) in [5.74, 6) is -1.16. The van der Waals surface area contributed by atoms with Crippen LogP contribution in [-0.2, 0) is 27.1 Å². The number of aromatic nitrogens is 3. The van der Waals surface area contributed by atoms with Crippen LogP contribution in [0.5, 0.6) is 6.01 Å². The Morgan fingerprint density at radius 3 is 2.50 bits per heavy atom. The lowest BCUT2D eigenvalue weighted by Crippen LogP contribution is -2.48. The van der Waals surface area contributed by atoms with Crippen LogP contribution >= 0.6 is 11.3 Å². The van der Waals surface area contributed by atoms with E-state index in [4.69, 9.17) is 18.6 Å². The van der Waals surface area contributed by atoms with Crippen molar-refractivity contribution in [3.05, 3.63) is 40.7 Å². The minimum atomic E-state index is -1.86. The normalized spacial score (nSPS) is 18.0. The van der Waals surface area contributed by atoms with E-state index in [9.17, 15) is 10.1 Å². The van der Waals surface area contributed by atoms with E-state index >= 15 is 8.78 Å². The number of nitrogens with zero attached hydrogens (tertiary/aromatic N) is 4. The summed E-state index contributed by atoms with van der Waals surface area (Å²) in [6, 6.07) is 2.08. The molecule has 4 heterocycles.